The second-order valence-electron chi connectivity index (χ2n) is 9.36. The summed E-state index contributed by atoms with van der Waals surface area (Å²) < 4.78 is 0. The Morgan fingerprint density at radius 1 is 0.833 bits per heavy atom. The number of carbonyl (C=O) groups excluding carboxylic acids is 1. The van der Waals surface area contributed by atoms with Gasteiger partial charge in [-0.3, -0.25) is 4.79 Å². The highest BCUT2D eigenvalue weighted by Gasteiger charge is 2.16. The number of hydrogen-bond donors (Lipinski definition) is 1. The smallest absolute Gasteiger partial charge is 0.251 e. The van der Waals surface area contributed by atoms with Gasteiger partial charge in [0.05, 0.1) is 0 Å². The Morgan fingerprint density at radius 3 is 1.97 bits per heavy atom. The van der Waals surface area contributed by atoms with Crippen LogP contribution in [0.15, 0.2) is 78.9 Å². The zero-order chi connectivity index (χ0) is 21.6. The molecule has 0 aliphatic carbocycles. The minimum absolute atomic E-state index is 0.0204. The first-order valence-corrected chi connectivity index (χ1v) is 10.8. The Kier molecular flexibility index (Phi) is 7.10. The fourth-order valence-electron chi connectivity index (χ4n) is 3.92. The van der Waals surface area contributed by atoms with Gasteiger partial charge in [-0.15, -0.1) is 0 Å². The summed E-state index contributed by atoms with van der Waals surface area (Å²) in [6, 6.07) is 27.0. The average molecular weight is 400 g/mol. The van der Waals surface area contributed by atoms with Gasteiger partial charge in [0.2, 0.25) is 0 Å². The third-order valence-corrected chi connectivity index (χ3v) is 5.42. The standard InChI is InChI=1S/C28H33NO/c1-21(20-28(2,3)4)23-14-16-25(17-15-23)24-12-10-22(11-13-24)18-19-29-27(30)26-8-6-5-7-9-26/h5-17,21H,18-20H2,1-4H3,(H,29,30). The van der Waals surface area contributed by atoms with Crippen molar-refractivity contribution in [1.82, 2.24) is 5.32 Å². The van der Waals surface area contributed by atoms with Crippen LogP contribution in [0.25, 0.3) is 11.1 Å². The summed E-state index contributed by atoms with van der Waals surface area (Å²) in [5, 5.41) is 2.99. The first kappa shape index (κ1) is 21.8. The number of amides is 1. The molecule has 3 rings (SSSR count). The summed E-state index contributed by atoms with van der Waals surface area (Å²) >= 11 is 0. The monoisotopic (exact) mass is 399 g/mol. The van der Waals surface area contributed by atoms with Gasteiger partial charge in [0.1, 0.15) is 0 Å². The van der Waals surface area contributed by atoms with E-state index in [4.69, 9.17) is 0 Å². The van der Waals surface area contributed by atoms with Crippen molar-refractivity contribution in [2.24, 2.45) is 5.41 Å². The van der Waals surface area contributed by atoms with E-state index in [-0.39, 0.29) is 5.91 Å². The molecule has 0 heterocycles. The van der Waals surface area contributed by atoms with Crippen LogP contribution < -0.4 is 5.32 Å². The van der Waals surface area contributed by atoms with E-state index in [1.807, 2.05) is 30.3 Å². The molecule has 0 saturated carbocycles. The molecule has 0 fully saturated rings. The van der Waals surface area contributed by atoms with Gasteiger partial charge in [0.15, 0.2) is 0 Å². The number of hydrogen-bond acceptors (Lipinski definition) is 1. The lowest BCUT2D eigenvalue weighted by molar-refractivity contribution is 0.0954. The Balaban J connectivity index is 1.54. The molecule has 0 saturated heterocycles. The number of benzene rings is 3. The Bertz CT molecular complexity index is 935. The molecule has 30 heavy (non-hydrogen) atoms. The lowest BCUT2D eigenvalue weighted by atomic mass is 9.82. The van der Waals surface area contributed by atoms with Gasteiger partial charge in [-0.2, -0.15) is 0 Å². The molecule has 0 spiro atoms. The molecule has 156 valence electrons. The van der Waals surface area contributed by atoms with Gasteiger partial charge in [0.25, 0.3) is 5.91 Å². The van der Waals surface area contributed by atoms with Crippen molar-refractivity contribution in [2.75, 3.05) is 6.54 Å². The van der Waals surface area contributed by atoms with Crippen molar-refractivity contribution in [1.29, 1.82) is 0 Å². The van der Waals surface area contributed by atoms with E-state index in [1.165, 1.54) is 28.7 Å². The molecule has 3 aromatic carbocycles. The van der Waals surface area contributed by atoms with Crippen molar-refractivity contribution in [3.63, 3.8) is 0 Å². The summed E-state index contributed by atoms with van der Waals surface area (Å²) in [6.07, 6.45) is 2.00. The topological polar surface area (TPSA) is 29.1 Å². The molecule has 0 bridgehead atoms. The zero-order valence-corrected chi connectivity index (χ0v) is 18.6. The second-order valence-corrected chi connectivity index (χ2v) is 9.36. The van der Waals surface area contributed by atoms with E-state index in [2.05, 4.69) is 81.5 Å². The van der Waals surface area contributed by atoms with Crippen LogP contribution in [-0.4, -0.2) is 12.5 Å². The van der Waals surface area contributed by atoms with Gasteiger partial charge in [-0.25, -0.2) is 0 Å². The molecule has 2 nitrogen and oxygen atoms in total. The highest BCUT2D eigenvalue weighted by molar-refractivity contribution is 5.94. The largest absolute Gasteiger partial charge is 0.352 e. The van der Waals surface area contributed by atoms with E-state index in [0.717, 1.165) is 6.42 Å². The van der Waals surface area contributed by atoms with Gasteiger partial charge in [-0.05, 0) is 58.6 Å². The van der Waals surface area contributed by atoms with Crippen LogP contribution in [0.5, 0.6) is 0 Å². The first-order valence-electron chi connectivity index (χ1n) is 10.8. The van der Waals surface area contributed by atoms with E-state index in [0.29, 0.717) is 23.4 Å². The fourth-order valence-corrected chi connectivity index (χ4v) is 3.92. The van der Waals surface area contributed by atoms with Crippen LogP contribution in [0.2, 0.25) is 0 Å². The SMILES string of the molecule is CC(CC(C)(C)C)c1ccc(-c2ccc(CCNC(=O)c3ccccc3)cc2)cc1. The molecular weight excluding hydrogens is 366 g/mol. The Morgan fingerprint density at radius 2 is 1.40 bits per heavy atom. The lowest BCUT2D eigenvalue weighted by Crippen LogP contribution is -2.25. The van der Waals surface area contributed by atoms with Gasteiger partial charge in [0, 0.05) is 12.1 Å². The maximum Gasteiger partial charge on any atom is 0.251 e. The van der Waals surface area contributed by atoms with Crippen molar-refractivity contribution >= 4 is 5.91 Å². The molecule has 1 atom stereocenters. The molecule has 2 heteroatoms. The third-order valence-electron chi connectivity index (χ3n) is 5.42. The van der Waals surface area contributed by atoms with Crippen LogP contribution in [0.1, 0.15) is 61.5 Å². The van der Waals surface area contributed by atoms with Crippen LogP contribution in [0.4, 0.5) is 0 Å². The van der Waals surface area contributed by atoms with E-state index >= 15 is 0 Å². The predicted octanol–water partition coefficient (Wildman–Crippen LogP) is 6.87. The zero-order valence-electron chi connectivity index (χ0n) is 18.6. The van der Waals surface area contributed by atoms with Crippen LogP contribution in [0, 0.1) is 5.41 Å². The predicted molar refractivity (Wildman–Crippen MR) is 127 cm³/mol. The summed E-state index contributed by atoms with van der Waals surface area (Å²) in [6.45, 7) is 9.84. The molecule has 3 aromatic rings. The normalized spacial score (nSPS) is 12.4. The molecule has 0 radical (unpaired) electrons. The third kappa shape index (κ3) is 6.32. The van der Waals surface area contributed by atoms with Crippen molar-refractivity contribution < 1.29 is 4.79 Å². The van der Waals surface area contributed by atoms with Crippen molar-refractivity contribution in [3.05, 3.63) is 95.6 Å². The minimum atomic E-state index is -0.0204. The van der Waals surface area contributed by atoms with E-state index < -0.39 is 0 Å². The number of rotatable bonds is 7. The van der Waals surface area contributed by atoms with Gasteiger partial charge in [-0.1, -0.05) is 94.4 Å². The Hall–Kier alpha value is -2.87. The maximum atomic E-state index is 12.1. The molecule has 0 aromatic heterocycles. The quantitative estimate of drug-likeness (QED) is 0.462. The maximum absolute atomic E-state index is 12.1. The molecule has 1 amide bonds. The molecule has 1 N–H and O–H groups in total. The van der Waals surface area contributed by atoms with Crippen LogP contribution >= 0.6 is 0 Å². The van der Waals surface area contributed by atoms with Crippen molar-refractivity contribution in [2.45, 2.75) is 46.5 Å². The highest BCUT2D eigenvalue weighted by atomic mass is 16.1. The van der Waals surface area contributed by atoms with Crippen molar-refractivity contribution in [3.8, 4) is 11.1 Å². The second kappa shape index (κ2) is 9.75. The van der Waals surface area contributed by atoms with Gasteiger partial charge >= 0.3 is 0 Å². The molecule has 0 aliphatic rings. The average Bonchev–Trinajstić information content (AvgIpc) is 2.74. The Labute approximate surface area is 181 Å². The van der Waals surface area contributed by atoms with Gasteiger partial charge < -0.3 is 5.32 Å². The van der Waals surface area contributed by atoms with Crippen LogP contribution in [-0.2, 0) is 6.42 Å². The lowest BCUT2D eigenvalue weighted by Gasteiger charge is -2.23. The molecule has 1 unspecified atom stereocenters. The fraction of sp³-hybridized carbons (Fsp3) is 0.321. The minimum Gasteiger partial charge on any atom is -0.352 e. The number of carbonyl (C=O) groups is 1. The summed E-state index contributed by atoms with van der Waals surface area (Å²) in [4.78, 5) is 12.1. The summed E-state index contributed by atoms with van der Waals surface area (Å²) in [7, 11) is 0. The summed E-state index contributed by atoms with van der Waals surface area (Å²) in [5.41, 5.74) is 6.14. The summed E-state index contributed by atoms with van der Waals surface area (Å²) in [5.74, 6) is 0.542. The molecular formula is C28H33NO. The van der Waals surface area contributed by atoms with E-state index in [1.54, 1.807) is 0 Å². The molecule has 0 aliphatic heterocycles. The first-order chi connectivity index (χ1) is 14.3. The van der Waals surface area contributed by atoms with E-state index in [9.17, 15) is 4.79 Å². The number of nitrogens with one attached hydrogen (secondary N) is 1. The highest BCUT2D eigenvalue weighted by Crippen LogP contribution is 2.31. The van der Waals surface area contributed by atoms with Crippen LogP contribution in [0.3, 0.4) is 0 Å².